The molecule has 0 aliphatic rings. The van der Waals surface area contributed by atoms with Crippen molar-refractivity contribution in [2.45, 2.75) is 33.2 Å². The van der Waals surface area contributed by atoms with Gasteiger partial charge in [-0.05, 0) is 37.5 Å². The lowest BCUT2D eigenvalue weighted by atomic mass is 10.0. The quantitative estimate of drug-likeness (QED) is 0.731. The maximum Gasteiger partial charge on any atom is 0.254 e. The number of carbonyl (C=O) groups is 1. The van der Waals surface area contributed by atoms with Crippen LogP contribution in [-0.4, -0.2) is 10.9 Å². The van der Waals surface area contributed by atoms with Gasteiger partial charge in [0.25, 0.3) is 5.91 Å². The van der Waals surface area contributed by atoms with E-state index >= 15 is 0 Å². The van der Waals surface area contributed by atoms with E-state index in [2.05, 4.69) is 41.5 Å². The van der Waals surface area contributed by atoms with Crippen LogP contribution in [0.1, 0.15) is 47.1 Å². The van der Waals surface area contributed by atoms with Gasteiger partial charge in [0.05, 0.1) is 11.6 Å². The van der Waals surface area contributed by atoms with Gasteiger partial charge in [-0.3, -0.25) is 4.79 Å². The van der Waals surface area contributed by atoms with Crippen molar-refractivity contribution in [1.82, 2.24) is 10.3 Å². The second-order valence-corrected chi connectivity index (χ2v) is 5.96. The van der Waals surface area contributed by atoms with Crippen LogP contribution in [0.15, 0.2) is 48.5 Å². The number of H-pyrrole nitrogens is 1. The zero-order chi connectivity index (χ0) is 16.4. The molecule has 1 unspecified atom stereocenters. The molecule has 0 radical (unpaired) electrons. The lowest BCUT2D eigenvalue weighted by molar-refractivity contribution is 0.0941. The third kappa shape index (κ3) is 3.00. The number of benzene rings is 2. The molecule has 3 aromatic rings. The summed E-state index contributed by atoms with van der Waals surface area (Å²) >= 11 is 0. The van der Waals surface area contributed by atoms with Gasteiger partial charge >= 0.3 is 0 Å². The van der Waals surface area contributed by atoms with Gasteiger partial charge in [-0.25, -0.2) is 0 Å². The number of fused-ring (bicyclic) bond motifs is 1. The maximum absolute atomic E-state index is 12.7. The van der Waals surface area contributed by atoms with Crippen LogP contribution in [0.25, 0.3) is 10.9 Å². The molecular formula is C20H22N2O. The maximum atomic E-state index is 12.7. The number of amides is 1. The number of carbonyl (C=O) groups excluding carboxylic acids is 1. The molecule has 0 aliphatic carbocycles. The summed E-state index contributed by atoms with van der Waals surface area (Å²) in [4.78, 5) is 16.0. The van der Waals surface area contributed by atoms with Gasteiger partial charge in [-0.1, -0.05) is 49.4 Å². The fourth-order valence-electron chi connectivity index (χ4n) is 2.96. The Balaban J connectivity index is 1.83. The molecule has 3 heteroatoms. The molecule has 1 heterocycles. The molecule has 2 aromatic carbocycles. The minimum atomic E-state index is -0.0352. The van der Waals surface area contributed by atoms with Crippen LogP contribution in [0.4, 0.5) is 0 Å². The van der Waals surface area contributed by atoms with Gasteiger partial charge in [0, 0.05) is 16.6 Å². The number of hydrogen-bond donors (Lipinski definition) is 2. The molecule has 0 saturated heterocycles. The average molecular weight is 306 g/mol. The van der Waals surface area contributed by atoms with Gasteiger partial charge in [0.1, 0.15) is 0 Å². The lowest BCUT2D eigenvalue weighted by Crippen LogP contribution is -2.27. The molecule has 0 aliphatic heterocycles. The first-order chi connectivity index (χ1) is 11.1. The molecule has 3 rings (SSSR count). The minimum Gasteiger partial charge on any atom is -0.358 e. The number of hydrogen-bond acceptors (Lipinski definition) is 1. The van der Waals surface area contributed by atoms with E-state index in [0.717, 1.165) is 34.1 Å². The van der Waals surface area contributed by atoms with E-state index in [1.165, 1.54) is 5.56 Å². The summed E-state index contributed by atoms with van der Waals surface area (Å²) in [5, 5.41) is 4.08. The summed E-state index contributed by atoms with van der Waals surface area (Å²) in [7, 11) is 0. The van der Waals surface area contributed by atoms with Crippen molar-refractivity contribution in [1.29, 1.82) is 0 Å². The van der Waals surface area contributed by atoms with E-state index in [4.69, 9.17) is 0 Å². The Hall–Kier alpha value is -2.55. The number of rotatable bonds is 4. The average Bonchev–Trinajstić information content (AvgIpc) is 2.90. The van der Waals surface area contributed by atoms with Crippen molar-refractivity contribution in [3.63, 3.8) is 0 Å². The highest BCUT2D eigenvalue weighted by molar-refractivity contribution is 6.08. The molecular weight excluding hydrogens is 284 g/mol. The summed E-state index contributed by atoms with van der Waals surface area (Å²) in [6, 6.07) is 16.3. The topological polar surface area (TPSA) is 44.9 Å². The molecule has 0 fully saturated rings. The summed E-state index contributed by atoms with van der Waals surface area (Å²) in [5.41, 5.74) is 5.05. The van der Waals surface area contributed by atoms with Crippen molar-refractivity contribution in [3.05, 3.63) is 70.9 Å². The molecule has 0 bridgehead atoms. The van der Waals surface area contributed by atoms with Crippen LogP contribution in [0.2, 0.25) is 0 Å². The van der Waals surface area contributed by atoms with Gasteiger partial charge < -0.3 is 10.3 Å². The van der Waals surface area contributed by atoms with Crippen LogP contribution in [0.5, 0.6) is 0 Å². The molecule has 118 valence electrons. The first-order valence-electron chi connectivity index (χ1n) is 8.07. The predicted octanol–water partition coefficient (Wildman–Crippen LogP) is 4.53. The number of para-hydroxylation sites is 1. The zero-order valence-electron chi connectivity index (χ0n) is 13.8. The van der Waals surface area contributed by atoms with Crippen molar-refractivity contribution in [3.8, 4) is 0 Å². The predicted molar refractivity (Wildman–Crippen MR) is 94.7 cm³/mol. The third-order valence-corrected chi connectivity index (χ3v) is 4.36. The third-order valence-electron chi connectivity index (χ3n) is 4.36. The Bertz CT molecular complexity index is 830. The van der Waals surface area contributed by atoms with Crippen molar-refractivity contribution in [2.24, 2.45) is 0 Å². The van der Waals surface area contributed by atoms with E-state index in [9.17, 15) is 4.79 Å². The second-order valence-electron chi connectivity index (χ2n) is 5.96. The van der Waals surface area contributed by atoms with Gasteiger partial charge in [0.2, 0.25) is 0 Å². The lowest BCUT2D eigenvalue weighted by Gasteiger charge is -2.15. The molecule has 3 nitrogen and oxygen atoms in total. The molecule has 0 saturated carbocycles. The molecule has 1 amide bonds. The van der Waals surface area contributed by atoms with Crippen LogP contribution in [-0.2, 0) is 6.42 Å². The smallest absolute Gasteiger partial charge is 0.254 e. The van der Waals surface area contributed by atoms with Crippen molar-refractivity contribution >= 4 is 16.8 Å². The second kappa shape index (κ2) is 6.29. The molecule has 0 spiro atoms. The first kappa shape index (κ1) is 15.3. The molecule has 1 aromatic heterocycles. The minimum absolute atomic E-state index is 0.0264. The zero-order valence-corrected chi connectivity index (χ0v) is 13.8. The van der Waals surface area contributed by atoms with Gasteiger partial charge in [-0.15, -0.1) is 0 Å². The van der Waals surface area contributed by atoms with Crippen LogP contribution >= 0.6 is 0 Å². The number of aryl methyl sites for hydroxylation is 2. The Morgan fingerprint density at radius 1 is 1.13 bits per heavy atom. The van der Waals surface area contributed by atoms with Crippen molar-refractivity contribution < 1.29 is 4.79 Å². The fourth-order valence-corrected chi connectivity index (χ4v) is 2.96. The van der Waals surface area contributed by atoms with Crippen molar-refractivity contribution in [2.75, 3.05) is 0 Å². The summed E-state index contributed by atoms with van der Waals surface area (Å²) < 4.78 is 0. The molecule has 23 heavy (non-hydrogen) atoms. The number of aromatic amines is 1. The van der Waals surface area contributed by atoms with E-state index in [1.807, 2.05) is 38.1 Å². The Labute approximate surface area is 136 Å². The Kier molecular flexibility index (Phi) is 4.20. The van der Waals surface area contributed by atoms with Gasteiger partial charge in [-0.2, -0.15) is 0 Å². The highest BCUT2D eigenvalue weighted by Crippen LogP contribution is 2.23. The SMILES string of the molecule is CCc1ccc(C(C)NC(=O)c2c(C)[nH]c3ccccc23)cc1. The summed E-state index contributed by atoms with van der Waals surface area (Å²) in [6.07, 6.45) is 1.02. The Morgan fingerprint density at radius 2 is 1.83 bits per heavy atom. The monoisotopic (exact) mass is 306 g/mol. The molecule has 1 atom stereocenters. The normalized spacial score (nSPS) is 12.3. The largest absolute Gasteiger partial charge is 0.358 e. The summed E-state index contributed by atoms with van der Waals surface area (Å²) in [6.45, 7) is 6.10. The van der Waals surface area contributed by atoms with E-state index in [0.29, 0.717) is 0 Å². The van der Waals surface area contributed by atoms with Gasteiger partial charge in [0.15, 0.2) is 0 Å². The number of aromatic nitrogens is 1. The summed E-state index contributed by atoms with van der Waals surface area (Å²) in [5.74, 6) is -0.0352. The number of nitrogens with one attached hydrogen (secondary N) is 2. The van der Waals surface area contributed by atoms with Crippen LogP contribution in [0, 0.1) is 6.92 Å². The fraction of sp³-hybridized carbons (Fsp3) is 0.250. The van der Waals surface area contributed by atoms with E-state index < -0.39 is 0 Å². The first-order valence-corrected chi connectivity index (χ1v) is 8.07. The van der Waals surface area contributed by atoms with Crippen LogP contribution in [0.3, 0.4) is 0 Å². The van der Waals surface area contributed by atoms with Crippen LogP contribution < -0.4 is 5.32 Å². The molecule has 2 N–H and O–H groups in total. The van der Waals surface area contributed by atoms with E-state index in [1.54, 1.807) is 0 Å². The highest BCUT2D eigenvalue weighted by Gasteiger charge is 2.18. The van der Waals surface area contributed by atoms with E-state index in [-0.39, 0.29) is 11.9 Å². The highest BCUT2D eigenvalue weighted by atomic mass is 16.1. The Morgan fingerprint density at radius 3 is 2.52 bits per heavy atom. The standard InChI is InChI=1S/C20H22N2O/c1-4-15-9-11-16(12-10-15)13(2)22-20(23)19-14(3)21-18-8-6-5-7-17(18)19/h5-13,21H,4H2,1-3H3,(H,22,23).